The Bertz CT molecular complexity index is 398. The zero-order valence-corrected chi connectivity index (χ0v) is 8.08. The van der Waals surface area contributed by atoms with Crippen LogP contribution in [-0.4, -0.2) is 12.8 Å². The second kappa shape index (κ2) is 3.18. The molecule has 0 amide bonds. The molecule has 1 aromatic carbocycles. The van der Waals surface area contributed by atoms with E-state index in [4.69, 9.17) is 0 Å². The van der Waals surface area contributed by atoms with Gasteiger partial charge in [-0.25, -0.2) is 0 Å². The Labute approximate surface area is 83.0 Å². The molecule has 1 aromatic rings. The van der Waals surface area contributed by atoms with Crippen LogP contribution in [0.25, 0.3) is 0 Å². The number of fused-ring (bicyclic) bond motifs is 1. The molecule has 1 heterocycles. The van der Waals surface area contributed by atoms with Crippen molar-refractivity contribution in [2.45, 2.75) is 6.92 Å². The third-order valence-corrected chi connectivity index (χ3v) is 2.31. The molecule has 0 fully saturated rings. The van der Waals surface area contributed by atoms with E-state index in [0.717, 1.165) is 23.5 Å². The van der Waals surface area contributed by atoms with E-state index in [1.54, 1.807) is 0 Å². The summed E-state index contributed by atoms with van der Waals surface area (Å²) >= 11 is 0. The summed E-state index contributed by atoms with van der Waals surface area (Å²) in [6.07, 6.45) is 0.879. The molecule has 0 aromatic heterocycles. The number of anilines is 2. The molecule has 0 bridgehead atoms. The predicted molar refractivity (Wildman–Crippen MR) is 57.4 cm³/mol. The van der Waals surface area contributed by atoms with Crippen molar-refractivity contribution in [2.75, 3.05) is 16.8 Å². The smallest absolute Gasteiger partial charge is 0.139 e. The molecular formula is C11H12N2O. The van der Waals surface area contributed by atoms with E-state index in [1.807, 2.05) is 30.0 Å². The summed E-state index contributed by atoms with van der Waals surface area (Å²) in [4.78, 5) is 12.4. The molecule has 72 valence electrons. The maximum Gasteiger partial charge on any atom is 0.139 e. The van der Waals surface area contributed by atoms with Gasteiger partial charge in [-0.05, 0) is 24.6 Å². The average molecular weight is 188 g/mol. The number of carbonyl (C=O) groups is 1. The van der Waals surface area contributed by atoms with Crippen molar-refractivity contribution in [1.82, 2.24) is 0 Å². The number of nitrogens with zero attached hydrogens (tertiary/aromatic N) is 1. The van der Waals surface area contributed by atoms with Crippen molar-refractivity contribution in [3.63, 3.8) is 0 Å². The van der Waals surface area contributed by atoms with E-state index in [9.17, 15) is 4.79 Å². The topological polar surface area (TPSA) is 32.3 Å². The zero-order chi connectivity index (χ0) is 10.1. The van der Waals surface area contributed by atoms with Crippen LogP contribution in [0.5, 0.6) is 0 Å². The number of benzene rings is 1. The summed E-state index contributed by atoms with van der Waals surface area (Å²) in [5.74, 6) is 0.762. The van der Waals surface area contributed by atoms with Crippen molar-refractivity contribution in [3.05, 3.63) is 36.2 Å². The van der Waals surface area contributed by atoms with Crippen LogP contribution in [0.15, 0.2) is 30.6 Å². The Balaban J connectivity index is 2.44. The first-order chi connectivity index (χ1) is 6.72. The van der Waals surface area contributed by atoms with Gasteiger partial charge in [-0.1, -0.05) is 12.6 Å². The molecule has 14 heavy (non-hydrogen) atoms. The summed E-state index contributed by atoms with van der Waals surface area (Å²) in [7, 11) is 0. The van der Waals surface area contributed by atoms with Crippen LogP contribution in [0.1, 0.15) is 5.56 Å². The number of hydrogen-bond acceptors (Lipinski definition) is 3. The van der Waals surface area contributed by atoms with Gasteiger partial charge in [0.15, 0.2) is 0 Å². The Morgan fingerprint density at radius 2 is 2.36 bits per heavy atom. The monoisotopic (exact) mass is 188 g/mol. The summed E-state index contributed by atoms with van der Waals surface area (Å²) in [5, 5.41) is 3.13. The molecule has 0 spiro atoms. The molecular weight excluding hydrogens is 176 g/mol. The molecule has 1 aliphatic rings. The maximum atomic E-state index is 10.5. The van der Waals surface area contributed by atoms with E-state index in [1.165, 1.54) is 5.56 Å². The molecule has 0 aliphatic carbocycles. The van der Waals surface area contributed by atoms with Gasteiger partial charge < -0.3 is 15.0 Å². The van der Waals surface area contributed by atoms with E-state index in [2.05, 4.69) is 11.9 Å². The highest BCUT2D eigenvalue weighted by Crippen LogP contribution is 2.35. The normalized spacial score (nSPS) is 13.8. The Kier molecular flexibility index (Phi) is 2.00. The van der Waals surface area contributed by atoms with Crippen molar-refractivity contribution in [2.24, 2.45) is 0 Å². The summed E-state index contributed by atoms with van der Waals surface area (Å²) in [6, 6.07) is 6.08. The Hall–Kier alpha value is -1.77. The van der Waals surface area contributed by atoms with Gasteiger partial charge in [0.05, 0.1) is 17.9 Å². The number of rotatable bonds is 2. The van der Waals surface area contributed by atoms with Crippen LogP contribution in [0.4, 0.5) is 11.4 Å². The van der Waals surface area contributed by atoms with Crippen LogP contribution >= 0.6 is 0 Å². The van der Waals surface area contributed by atoms with Crippen LogP contribution in [0, 0.1) is 6.92 Å². The zero-order valence-electron chi connectivity index (χ0n) is 8.08. The molecule has 0 radical (unpaired) electrons. The lowest BCUT2D eigenvalue weighted by Crippen LogP contribution is -2.21. The number of nitrogens with one attached hydrogen (secondary N) is 1. The first-order valence-corrected chi connectivity index (χ1v) is 4.50. The summed E-state index contributed by atoms with van der Waals surface area (Å²) < 4.78 is 0. The largest absolute Gasteiger partial charge is 0.340 e. The standard InChI is InChI=1S/C11H12N2O/c1-8-3-4-10-11(7-8)13(5-6-14)9(2)12-10/h3-4,6-7,12H,2,5H2,1H3. The van der Waals surface area contributed by atoms with Gasteiger partial charge in [0, 0.05) is 0 Å². The van der Waals surface area contributed by atoms with Crippen molar-refractivity contribution < 1.29 is 4.79 Å². The van der Waals surface area contributed by atoms with Crippen molar-refractivity contribution >= 4 is 17.7 Å². The lowest BCUT2D eigenvalue weighted by molar-refractivity contribution is -0.106. The fourth-order valence-corrected chi connectivity index (χ4v) is 1.62. The van der Waals surface area contributed by atoms with Crippen molar-refractivity contribution in [3.8, 4) is 0 Å². The molecule has 0 unspecified atom stereocenters. The van der Waals surface area contributed by atoms with Crippen molar-refractivity contribution in [1.29, 1.82) is 0 Å². The molecule has 0 atom stereocenters. The highest BCUT2D eigenvalue weighted by atomic mass is 16.1. The van der Waals surface area contributed by atoms with Crippen LogP contribution in [0.3, 0.4) is 0 Å². The predicted octanol–water partition coefficient (Wildman–Crippen LogP) is 1.90. The van der Waals surface area contributed by atoms with Crippen LogP contribution < -0.4 is 10.2 Å². The fraction of sp³-hybridized carbons (Fsp3) is 0.182. The lowest BCUT2D eigenvalue weighted by Gasteiger charge is -2.15. The molecule has 3 nitrogen and oxygen atoms in total. The summed E-state index contributed by atoms with van der Waals surface area (Å²) in [5.41, 5.74) is 3.22. The van der Waals surface area contributed by atoms with Gasteiger partial charge >= 0.3 is 0 Å². The van der Waals surface area contributed by atoms with Gasteiger partial charge in [0.1, 0.15) is 12.1 Å². The first kappa shape index (κ1) is 8.81. The van der Waals surface area contributed by atoms with E-state index in [0.29, 0.717) is 6.54 Å². The molecule has 1 aliphatic heterocycles. The second-order valence-corrected chi connectivity index (χ2v) is 3.37. The minimum Gasteiger partial charge on any atom is -0.340 e. The third-order valence-electron chi connectivity index (χ3n) is 2.31. The Morgan fingerprint density at radius 1 is 1.57 bits per heavy atom. The molecule has 0 saturated heterocycles. The number of carbonyl (C=O) groups excluding carboxylic acids is 1. The van der Waals surface area contributed by atoms with Gasteiger partial charge in [-0.2, -0.15) is 0 Å². The second-order valence-electron chi connectivity index (χ2n) is 3.37. The van der Waals surface area contributed by atoms with Gasteiger partial charge in [-0.3, -0.25) is 0 Å². The van der Waals surface area contributed by atoms with Gasteiger partial charge in [0.2, 0.25) is 0 Å². The maximum absolute atomic E-state index is 10.5. The molecule has 2 rings (SSSR count). The Morgan fingerprint density at radius 3 is 3.07 bits per heavy atom. The van der Waals surface area contributed by atoms with E-state index < -0.39 is 0 Å². The van der Waals surface area contributed by atoms with E-state index in [-0.39, 0.29) is 0 Å². The SMILES string of the molecule is C=C1Nc2ccc(C)cc2N1CC=O. The number of aryl methyl sites for hydroxylation is 1. The van der Waals surface area contributed by atoms with Crippen LogP contribution in [-0.2, 0) is 4.79 Å². The molecule has 3 heteroatoms. The van der Waals surface area contributed by atoms with Gasteiger partial charge in [0.25, 0.3) is 0 Å². The average Bonchev–Trinajstić information content (AvgIpc) is 2.45. The molecule has 1 N–H and O–H groups in total. The van der Waals surface area contributed by atoms with E-state index >= 15 is 0 Å². The number of aldehydes is 1. The fourth-order valence-electron chi connectivity index (χ4n) is 1.62. The number of hydrogen-bond donors (Lipinski definition) is 1. The quantitative estimate of drug-likeness (QED) is 0.719. The van der Waals surface area contributed by atoms with Crippen LogP contribution in [0.2, 0.25) is 0 Å². The third kappa shape index (κ3) is 1.27. The summed E-state index contributed by atoms with van der Waals surface area (Å²) in [6.45, 7) is 6.23. The van der Waals surface area contributed by atoms with Gasteiger partial charge in [-0.15, -0.1) is 0 Å². The minimum atomic E-state index is 0.349. The lowest BCUT2D eigenvalue weighted by atomic mass is 10.2. The molecule has 0 saturated carbocycles. The highest BCUT2D eigenvalue weighted by Gasteiger charge is 2.21. The highest BCUT2D eigenvalue weighted by molar-refractivity contribution is 5.83. The first-order valence-electron chi connectivity index (χ1n) is 4.50. The minimum absolute atomic E-state index is 0.349.